The number of sulfone groups is 1. The van der Waals surface area contributed by atoms with E-state index in [1.54, 1.807) is 43.5 Å². The zero-order valence-corrected chi connectivity index (χ0v) is 26.4. The molecule has 6 nitrogen and oxygen atoms in total. The van der Waals surface area contributed by atoms with Crippen molar-refractivity contribution in [2.45, 2.75) is 56.1 Å². The number of thiophene rings is 1. The molecular weight excluding hydrogens is 595 g/mol. The van der Waals surface area contributed by atoms with Crippen molar-refractivity contribution < 1.29 is 22.3 Å². The van der Waals surface area contributed by atoms with E-state index in [-0.39, 0.29) is 28.4 Å². The Morgan fingerprint density at radius 3 is 2.48 bits per heavy atom. The van der Waals surface area contributed by atoms with Crippen LogP contribution in [-0.4, -0.2) is 51.7 Å². The summed E-state index contributed by atoms with van der Waals surface area (Å²) in [6, 6.07) is 15.8. The zero-order chi connectivity index (χ0) is 30.2. The van der Waals surface area contributed by atoms with E-state index in [0.717, 1.165) is 48.1 Å². The average Bonchev–Trinajstić information content (AvgIpc) is 3.35. The number of ether oxygens (including phenoxy) is 1. The van der Waals surface area contributed by atoms with Gasteiger partial charge in [0.2, 0.25) is 0 Å². The van der Waals surface area contributed by atoms with Gasteiger partial charge >= 0.3 is 0 Å². The van der Waals surface area contributed by atoms with E-state index in [1.807, 2.05) is 31.0 Å². The minimum absolute atomic E-state index is 0.0639. The molecule has 1 fully saturated rings. The number of carbonyl (C=O) groups excluding carboxylic acids is 1. The molecular formula is C32H34ClFN2O4S2. The topological polar surface area (TPSA) is 75.7 Å². The lowest BCUT2D eigenvalue weighted by Gasteiger charge is -2.37. The molecule has 0 atom stereocenters. The Kier molecular flexibility index (Phi) is 8.94. The highest BCUT2D eigenvalue weighted by atomic mass is 35.5. The van der Waals surface area contributed by atoms with Crippen LogP contribution in [0.5, 0.6) is 5.75 Å². The van der Waals surface area contributed by atoms with E-state index in [2.05, 4.69) is 5.32 Å². The van der Waals surface area contributed by atoms with Crippen molar-refractivity contribution in [3.8, 4) is 16.9 Å². The molecule has 0 bridgehead atoms. The van der Waals surface area contributed by atoms with Gasteiger partial charge in [0, 0.05) is 41.4 Å². The van der Waals surface area contributed by atoms with Gasteiger partial charge in [-0.2, -0.15) is 0 Å². The van der Waals surface area contributed by atoms with Crippen LogP contribution in [0.2, 0.25) is 5.02 Å². The lowest BCUT2D eigenvalue weighted by Crippen LogP contribution is -2.44. The van der Waals surface area contributed by atoms with Gasteiger partial charge in [-0.15, -0.1) is 11.3 Å². The van der Waals surface area contributed by atoms with Gasteiger partial charge in [-0.25, -0.2) is 12.8 Å². The summed E-state index contributed by atoms with van der Waals surface area (Å²) < 4.78 is 46.0. The van der Waals surface area contributed by atoms with Crippen LogP contribution < -0.4 is 10.1 Å². The van der Waals surface area contributed by atoms with Gasteiger partial charge < -0.3 is 15.0 Å². The Morgan fingerprint density at radius 1 is 1.12 bits per heavy atom. The number of amides is 1. The first-order valence-corrected chi connectivity index (χ1v) is 16.9. The molecule has 1 aliphatic carbocycles. The van der Waals surface area contributed by atoms with Crippen LogP contribution in [0.1, 0.15) is 46.5 Å². The molecule has 42 heavy (non-hydrogen) atoms. The van der Waals surface area contributed by atoms with Crippen LogP contribution in [0.4, 0.5) is 4.39 Å². The first-order chi connectivity index (χ1) is 20.0. The van der Waals surface area contributed by atoms with E-state index in [4.69, 9.17) is 16.3 Å². The molecule has 0 spiro atoms. The number of carbonyl (C=O) groups is 1. The number of aryl methyl sites for hydroxylation is 1. The third-order valence-electron chi connectivity index (χ3n) is 8.16. The molecule has 1 aliphatic rings. The number of methoxy groups -OCH3 is 1. The Morgan fingerprint density at radius 2 is 1.83 bits per heavy atom. The van der Waals surface area contributed by atoms with Crippen LogP contribution in [-0.2, 0) is 16.4 Å². The van der Waals surface area contributed by atoms with E-state index >= 15 is 0 Å². The van der Waals surface area contributed by atoms with Gasteiger partial charge in [0.05, 0.1) is 21.7 Å². The smallest absolute Gasteiger partial charge is 0.266 e. The first-order valence-electron chi connectivity index (χ1n) is 13.8. The molecule has 10 heteroatoms. The van der Waals surface area contributed by atoms with Crippen molar-refractivity contribution >= 4 is 48.8 Å². The number of rotatable bonds is 8. The first kappa shape index (κ1) is 30.5. The molecule has 1 aromatic heterocycles. The number of hydrogen-bond acceptors (Lipinski definition) is 6. The molecule has 3 aromatic carbocycles. The number of hydrogen-bond donors (Lipinski definition) is 1. The zero-order valence-electron chi connectivity index (χ0n) is 24.0. The van der Waals surface area contributed by atoms with Crippen LogP contribution >= 0.6 is 22.9 Å². The minimum Gasteiger partial charge on any atom is -0.496 e. The second-order valence-electron chi connectivity index (χ2n) is 10.8. The normalized spacial score (nSPS) is 17.4. The van der Waals surface area contributed by atoms with Crippen molar-refractivity contribution in [1.82, 2.24) is 10.2 Å². The SMILES string of the molecule is CN[C@H]1CC[C@H](N(Cc2cc(-c3ccccc3S(C)(=O)=O)ccc2OC)C(=O)c2sc3c(F)ccc(C)c3c2Cl)CC1. The average molecular weight is 629 g/mol. The molecule has 222 valence electrons. The van der Waals surface area contributed by atoms with Crippen LogP contribution in [0.25, 0.3) is 21.2 Å². The fourth-order valence-electron chi connectivity index (χ4n) is 5.88. The highest BCUT2D eigenvalue weighted by Crippen LogP contribution is 2.41. The molecule has 0 saturated heterocycles. The summed E-state index contributed by atoms with van der Waals surface area (Å²) in [5.74, 6) is -0.0694. The Labute approximate surface area is 255 Å². The van der Waals surface area contributed by atoms with E-state index in [9.17, 15) is 17.6 Å². The maximum atomic E-state index is 14.8. The fraction of sp³-hybridized carbons (Fsp3) is 0.344. The highest BCUT2D eigenvalue weighted by molar-refractivity contribution is 7.90. The van der Waals surface area contributed by atoms with Gasteiger partial charge in [0.15, 0.2) is 9.84 Å². The van der Waals surface area contributed by atoms with Crippen molar-refractivity contribution in [2.75, 3.05) is 20.4 Å². The second kappa shape index (κ2) is 12.3. The number of nitrogens with one attached hydrogen (secondary N) is 1. The minimum atomic E-state index is -3.48. The molecule has 4 aromatic rings. The van der Waals surface area contributed by atoms with Gasteiger partial charge in [0.25, 0.3) is 5.91 Å². The summed E-state index contributed by atoms with van der Waals surface area (Å²) in [6.45, 7) is 2.08. The van der Waals surface area contributed by atoms with Crippen molar-refractivity contribution in [1.29, 1.82) is 0 Å². The quantitative estimate of drug-likeness (QED) is 0.222. The summed E-state index contributed by atoms with van der Waals surface area (Å²) in [6.07, 6.45) is 4.62. The maximum absolute atomic E-state index is 14.8. The van der Waals surface area contributed by atoms with E-state index in [0.29, 0.717) is 37.9 Å². The monoisotopic (exact) mass is 628 g/mol. The second-order valence-corrected chi connectivity index (χ2v) is 14.2. The summed E-state index contributed by atoms with van der Waals surface area (Å²) in [5, 5.41) is 4.18. The standard InChI is InChI=1S/C32H34ClFN2O4S2/c1-19-9-15-25(34)30-28(19)29(33)31(41-30)32(37)36(23-13-11-22(35-2)12-14-23)18-21-17-20(10-16-26(21)40-3)24-7-5-6-8-27(24)42(4,38)39/h5-10,15-17,22-23,35H,11-14,18H2,1-4H3/t22-,23-. The largest absolute Gasteiger partial charge is 0.496 e. The molecule has 1 heterocycles. The fourth-order valence-corrected chi connectivity index (χ4v) is 8.42. The number of nitrogens with zero attached hydrogens (tertiary/aromatic N) is 1. The van der Waals surface area contributed by atoms with Gasteiger partial charge in [-0.05, 0) is 75.0 Å². The summed E-state index contributed by atoms with van der Waals surface area (Å²) in [5.41, 5.74) is 2.83. The molecule has 1 N–H and O–H groups in total. The third-order valence-corrected chi connectivity index (χ3v) is 11.0. The Balaban J connectivity index is 1.59. The Hall–Kier alpha value is -2.98. The molecule has 5 rings (SSSR count). The lowest BCUT2D eigenvalue weighted by atomic mass is 9.89. The summed E-state index contributed by atoms with van der Waals surface area (Å²) in [7, 11) is 0.0440. The highest BCUT2D eigenvalue weighted by Gasteiger charge is 2.33. The van der Waals surface area contributed by atoms with Crippen LogP contribution in [0.15, 0.2) is 59.5 Å². The van der Waals surface area contributed by atoms with E-state index < -0.39 is 15.7 Å². The summed E-state index contributed by atoms with van der Waals surface area (Å²) in [4.78, 5) is 16.7. The van der Waals surface area contributed by atoms with Crippen LogP contribution in [0.3, 0.4) is 0 Å². The predicted octanol–water partition coefficient (Wildman–Crippen LogP) is 7.25. The molecule has 0 aliphatic heterocycles. The van der Waals surface area contributed by atoms with Gasteiger partial charge in [-0.1, -0.05) is 41.9 Å². The van der Waals surface area contributed by atoms with E-state index in [1.165, 1.54) is 12.3 Å². The lowest BCUT2D eigenvalue weighted by molar-refractivity contribution is 0.0604. The number of fused-ring (bicyclic) bond motifs is 1. The molecule has 1 amide bonds. The van der Waals surface area contributed by atoms with Crippen LogP contribution in [0, 0.1) is 12.7 Å². The maximum Gasteiger partial charge on any atom is 0.266 e. The van der Waals surface area contributed by atoms with Crippen molar-refractivity contribution in [2.24, 2.45) is 0 Å². The number of benzene rings is 3. The molecule has 1 saturated carbocycles. The Bertz CT molecular complexity index is 1750. The number of halogens is 2. The van der Waals surface area contributed by atoms with Crippen molar-refractivity contribution in [3.05, 3.63) is 81.4 Å². The van der Waals surface area contributed by atoms with Gasteiger partial charge in [0.1, 0.15) is 16.4 Å². The van der Waals surface area contributed by atoms with Gasteiger partial charge in [-0.3, -0.25) is 4.79 Å². The third kappa shape index (κ3) is 5.93. The summed E-state index contributed by atoms with van der Waals surface area (Å²) >= 11 is 7.88. The molecule has 0 unspecified atom stereocenters. The molecule has 0 radical (unpaired) electrons. The van der Waals surface area contributed by atoms with Crippen molar-refractivity contribution in [3.63, 3.8) is 0 Å². The predicted molar refractivity (Wildman–Crippen MR) is 168 cm³/mol.